The predicted molar refractivity (Wildman–Crippen MR) is 61.2 cm³/mol. The molecule has 0 saturated carbocycles. The molecule has 0 aliphatic carbocycles. The summed E-state index contributed by atoms with van der Waals surface area (Å²) in [6.07, 6.45) is 2.28. The van der Waals surface area contributed by atoms with Crippen LogP contribution in [0.25, 0.3) is 0 Å². The highest BCUT2D eigenvalue weighted by molar-refractivity contribution is 4.74. The number of aliphatic hydroxyl groups is 1. The van der Waals surface area contributed by atoms with Gasteiger partial charge in [0.05, 0.1) is 6.61 Å². The van der Waals surface area contributed by atoms with Crippen molar-refractivity contribution in [3.8, 4) is 0 Å². The quantitative estimate of drug-likeness (QED) is 0.514. The molecule has 0 bridgehead atoms. The molecule has 1 unspecified atom stereocenters. The summed E-state index contributed by atoms with van der Waals surface area (Å²) in [6.45, 7) is 9.41. The van der Waals surface area contributed by atoms with Crippen LogP contribution in [0.1, 0.15) is 33.6 Å². The van der Waals surface area contributed by atoms with E-state index in [9.17, 15) is 0 Å². The molecule has 3 heteroatoms. The van der Waals surface area contributed by atoms with E-state index in [1.807, 2.05) is 0 Å². The summed E-state index contributed by atoms with van der Waals surface area (Å²) in [5.74, 6) is 0.686. The first-order valence-electron chi connectivity index (χ1n) is 5.53. The first-order valence-corrected chi connectivity index (χ1v) is 5.53. The number of aliphatic hydroxyl groups excluding tert-OH is 1. The van der Waals surface area contributed by atoms with Gasteiger partial charge >= 0.3 is 0 Å². The highest BCUT2D eigenvalue weighted by Crippen LogP contribution is 2.25. The third-order valence-electron chi connectivity index (χ3n) is 2.45. The van der Waals surface area contributed by atoms with Gasteiger partial charge in [0.15, 0.2) is 0 Å². The lowest BCUT2D eigenvalue weighted by atomic mass is 9.82. The van der Waals surface area contributed by atoms with Gasteiger partial charge in [-0.1, -0.05) is 20.8 Å². The van der Waals surface area contributed by atoms with Gasteiger partial charge < -0.3 is 16.2 Å². The van der Waals surface area contributed by atoms with Crippen LogP contribution in [0, 0.1) is 11.3 Å². The molecule has 0 heterocycles. The van der Waals surface area contributed by atoms with E-state index in [4.69, 9.17) is 10.8 Å². The maximum Gasteiger partial charge on any atom is 0.0555 e. The molecule has 14 heavy (non-hydrogen) atoms. The Hall–Kier alpha value is -0.120. The number of nitrogens with two attached hydrogens (primary N) is 1. The van der Waals surface area contributed by atoms with Crippen LogP contribution in [0.5, 0.6) is 0 Å². The lowest BCUT2D eigenvalue weighted by Crippen LogP contribution is -2.32. The van der Waals surface area contributed by atoms with Crippen LogP contribution in [-0.2, 0) is 0 Å². The fourth-order valence-corrected chi connectivity index (χ4v) is 1.91. The highest BCUT2D eigenvalue weighted by Gasteiger charge is 2.20. The Bertz CT molecular complexity index is 137. The fraction of sp³-hybridized carbons (Fsp3) is 1.00. The first kappa shape index (κ1) is 13.9. The zero-order valence-electron chi connectivity index (χ0n) is 9.84. The third-order valence-corrected chi connectivity index (χ3v) is 2.45. The van der Waals surface area contributed by atoms with E-state index >= 15 is 0 Å². The van der Waals surface area contributed by atoms with E-state index in [2.05, 4.69) is 26.1 Å². The van der Waals surface area contributed by atoms with Crippen molar-refractivity contribution in [2.24, 2.45) is 17.1 Å². The van der Waals surface area contributed by atoms with Gasteiger partial charge in [0.2, 0.25) is 0 Å². The van der Waals surface area contributed by atoms with Crippen LogP contribution in [0.4, 0.5) is 0 Å². The summed E-state index contributed by atoms with van der Waals surface area (Å²) in [5.41, 5.74) is 5.82. The lowest BCUT2D eigenvalue weighted by Gasteiger charge is -2.28. The van der Waals surface area contributed by atoms with Gasteiger partial charge in [-0.15, -0.1) is 0 Å². The fourth-order valence-electron chi connectivity index (χ4n) is 1.91. The Morgan fingerprint density at radius 2 is 2.07 bits per heavy atom. The second kappa shape index (κ2) is 7.21. The van der Waals surface area contributed by atoms with E-state index in [1.54, 1.807) is 0 Å². The molecule has 0 aliphatic rings. The topological polar surface area (TPSA) is 58.3 Å². The molecule has 0 radical (unpaired) electrons. The smallest absolute Gasteiger partial charge is 0.0555 e. The molecular formula is C11H26N2O. The third kappa shape index (κ3) is 7.30. The molecule has 4 N–H and O–H groups in total. The molecule has 0 spiro atoms. The van der Waals surface area contributed by atoms with Crippen LogP contribution < -0.4 is 11.1 Å². The molecule has 3 nitrogen and oxygen atoms in total. The number of hydrogen-bond acceptors (Lipinski definition) is 3. The summed E-state index contributed by atoms with van der Waals surface area (Å²) >= 11 is 0. The van der Waals surface area contributed by atoms with Gasteiger partial charge in [0.1, 0.15) is 0 Å². The summed E-state index contributed by atoms with van der Waals surface area (Å²) in [4.78, 5) is 0. The SMILES string of the molecule is CC(CCN)CC(C)(C)CNCCO. The van der Waals surface area contributed by atoms with Crippen molar-refractivity contribution in [3.05, 3.63) is 0 Å². The van der Waals surface area contributed by atoms with Gasteiger partial charge in [-0.3, -0.25) is 0 Å². The predicted octanol–water partition coefficient (Wildman–Crippen LogP) is 0.970. The molecule has 0 fully saturated rings. The minimum Gasteiger partial charge on any atom is -0.395 e. The van der Waals surface area contributed by atoms with Crippen LogP contribution in [-0.4, -0.2) is 31.3 Å². The van der Waals surface area contributed by atoms with E-state index in [1.165, 1.54) is 6.42 Å². The van der Waals surface area contributed by atoms with E-state index in [-0.39, 0.29) is 6.61 Å². The van der Waals surface area contributed by atoms with E-state index < -0.39 is 0 Å². The van der Waals surface area contributed by atoms with E-state index in [0.717, 1.165) is 19.5 Å². The normalized spacial score (nSPS) is 14.4. The molecule has 0 aliphatic heterocycles. The van der Waals surface area contributed by atoms with Crippen molar-refractivity contribution < 1.29 is 5.11 Å². The maximum absolute atomic E-state index is 8.65. The van der Waals surface area contributed by atoms with Gasteiger partial charge in [0.25, 0.3) is 0 Å². The maximum atomic E-state index is 8.65. The van der Waals surface area contributed by atoms with Crippen molar-refractivity contribution in [3.63, 3.8) is 0 Å². The van der Waals surface area contributed by atoms with Crippen molar-refractivity contribution in [1.29, 1.82) is 0 Å². The molecule has 0 aromatic carbocycles. The van der Waals surface area contributed by atoms with E-state index in [0.29, 0.717) is 17.9 Å². The monoisotopic (exact) mass is 202 g/mol. The van der Waals surface area contributed by atoms with Crippen LogP contribution in [0.3, 0.4) is 0 Å². The van der Waals surface area contributed by atoms with Gasteiger partial charge in [-0.25, -0.2) is 0 Å². The molecule has 0 rings (SSSR count). The van der Waals surface area contributed by atoms with Gasteiger partial charge in [-0.2, -0.15) is 0 Å². The number of nitrogens with one attached hydrogen (secondary N) is 1. The average molecular weight is 202 g/mol. The van der Waals surface area contributed by atoms with Gasteiger partial charge in [-0.05, 0) is 30.7 Å². The first-order chi connectivity index (χ1) is 6.52. The molecular weight excluding hydrogens is 176 g/mol. The zero-order chi connectivity index (χ0) is 11.0. The lowest BCUT2D eigenvalue weighted by molar-refractivity contribution is 0.240. The summed E-state index contributed by atoms with van der Waals surface area (Å²) < 4.78 is 0. The Kier molecular flexibility index (Phi) is 7.15. The summed E-state index contributed by atoms with van der Waals surface area (Å²) in [7, 11) is 0. The number of hydrogen-bond donors (Lipinski definition) is 3. The van der Waals surface area contributed by atoms with Crippen molar-refractivity contribution >= 4 is 0 Å². The molecule has 0 saturated heterocycles. The largest absolute Gasteiger partial charge is 0.395 e. The second-order valence-electron chi connectivity index (χ2n) is 4.95. The average Bonchev–Trinajstić information content (AvgIpc) is 2.03. The minimum absolute atomic E-state index is 0.217. The van der Waals surface area contributed by atoms with Crippen molar-refractivity contribution in [2.45, 2.75) is 33.6 Å². The second-order valence-corrected chi connectivity index (χ2v) is 4.95. The van der Waals surface area contributed by atoms with Crippen molar-refractivity contribution in [1.82, 2.24) is 5.32 Å². The van der Waals surface area contributed by atoms with Gasteiger partial charge in [0, 0.05) is 13.1 Å². The minimum atomic E-state index is 0.217. The van der Waals surface area contributed by atoms with Crippen LogP contribution in [0.2, 0.25) is 0 Å². The van der Waals surface area contributed by atoms with Crippen LogP contribution >= 0.6 is 0 Å². The molecule has 1 atom stereocenters. The molecule has 0 amide bonds. The molecule has 0 aromatic rings. The summed E-state index contributed by atoms with van der Waals surface area (Å²) in [6, 6.07) is 0. The molecule has 86 valence electrons. The Morgan fingerprint density at radius 1 is 1.43 bits per heavy atom. The zero-order valence-corrected chi connectivity index (χ0v) is 9.84. The summed E-state index contributed by atoms with van der Waals surface area (Å²) in [5, 5.41) is 11.9. The highest BCUT2D eigenvalue weighted by atomic mass is 16.3. The standard InChI is InChI=1S/C11H26N2O/c1-10(4-5-12)8-11(2,3)9-13-6-7-14/h10,13-14H,4-9,12H2,1-3H3. The van der Waals surface area contributed by atoms with Crippen LogP contribution in [0.15, 0.2) is 0 Å². The Morgan fingerprint density at radius 3 is 2.57 bits per heavy atom. The number of rotatable bonds is 8. The Labute approximate surface area is 88.1 Å². The Balaban J connectivity index is 3.69. The van der Waals surface area contributed by atoms with Crippen molar-refractivity contribution in [2.75, 3.05) is 26.2 Å². The molecule has 0 aromatic heterocycles.